The SMILES string of the molecule is Cc1ccc(OC2CCOCC2)c(F)c1. The molecular formula is C12H15FO2. The van der Waals surface area contributed by atoms with Gasteiger partial charge in [-0.3, -0.25) is 0 Å². The molecule has 2 rings (SSSR count). The minimum Gasteiger partial charge on any atom is -0.487 e. The number of aryl methyl sites for hydroxylation is 1. The molecule has 15 heavy (non-hydrogen) atoms. The summed E-state index contributed by atoms with van der Waals surface area (Å²) < 4.78 is 24.2. The lowest BCUT2D eigenvalue weighted by Crippen LogP contribution is -2.26. The first-order chi connectivity index (χ1) is 7.25. The number of benzene rings is 1. The predicted molar refractivity (Wildman–Crippen MR) is 55.6 cm³/mol. The first-order valence-electron chi connectivity index (χ1n) is 5.26. The van der Waals surface area contributed by atoms with Crippen LogP contribution in [0.25, 0.3) is 0 Å². The quantitative estimate of drug-likeness (QED) is 0.747. The fraction of sp³-hybridized carbons (Fsp3) is 0.500. The fourth-order valence-corrected chi connectivity index (χ4v) is 1.67. The van der Waals surface area contributed by atoms with Crippen LogP contribution in [-0.2, 0) is 4.74 Å². The molecule has 0 amide bonds. The van der Waals surface area contributed by atoms with Crippen molar-refractivity contribution in [1.82, 2.24) is 0 Å². The number of hydrogen-bond acceptors (Lipinski definition) is 2. The van der Waals surface area contributed by atoms with Gasteiger partial charge in [0.15, 0.2) is 11.6 Å². The predicted octanol–water partition coefficient (Wildman–Crippen LogP) is 2.69. The zero-order valence-corrected chi connectivity index (χ0v) is 8.83. The molecule has 82 valence electrons. The van der Waals surface area contributed by atoms with Crippen LogP contribution in [0.1, 0.15) is 18.4 Å². The van der Waals surface area contributed by atoms with E-state index in [2.05, 4.69) is 0 Å². The molecule has 1 aliphatic rings. The Morgan fingerprint density at radius 2 is 2.07 bits per heavy atom. The Kier molecular flexibility index (Phi) is 3.21. The van der Waals surface area contributed by atoms with Gasteiger partial charge in [0, 0.05) is 12.8 Å². The molecule has 1 fully saturated rings. The van der Waals surface area contributed by atoms with E-state index < -0.39 is 0 Å². The van der Waals surface area contributed by atoms with Crippen molar-refractivity contribution in [3.63, 3.8) is 0 Å². The van der Waals surface area contributed by atoms with Gasteiger partial charge in [-0.25, -0.2) is 4.39 Å². The van der Waals surface area contributed by atoms with Crippen LogP contribution in [0.3, 0.4) is 0 Å². The maximum atomic E-state index is 13.4. The topological polar surface area (TPSA) is 18.5 Å². The molecule has 0 bridgehead atoms. The summed E-state index contributed by atoms with van der Waals surface area (Å²) in [7, 11) is 0. The molecule has 3 heteroatoms. The van der Waals surface area contributed by atoms with Crippen LogP contribution >= 0.6 is 0 Å². The standard InChI is InChI=1S/C12H15FO2/c1-9-2-3-12(11(13)8-9)15-10-4-6-14-7-5-10/h2-3,8,10H,4-7H2,1H3. The molecule has 1 aromatic carbocycles. The van der Waals surface area contributed by atoms with Gasteiger partial charge in [0.05, 0.1) is 13.2 Å². The van der Waals surface area contributed by atoms with Crippen molar-refractivity contribution in [2.24, 2.45) is 0 Å². The van der Waals surface area contributed by atoms with Gasteiger partial charge >= 0.3 is 0 Å². The van der Waals surface area contributed by atoms with Gasteiger partial charge < -0.3 is 9.47 Å². The van der Waals surface area contributed by atoms with E-state index in [-0.39, 0.29) is 11.9 Å². The molecule has 1 aromatic rings. The van der Waals surface area contributed by atoms with Crippen LogP contribution in [0.4, 0.5) is 4.39 Å². The summed E-state index contributed by atoms with van der Waals surface area (Å²) in [5, 5.41) is 0. The van der Waals surface area contributed by atoms with Gasteiger partial charge in [0.1, 0.15) is 6.10 Å². The lowest BCUT2D eigenvalue weighted by molar-refractivity contribution is 0.0240. The molecule has 0 spiro atoms. The second-order valence-corrected chi connectivity index (χ2v) is 3.86. The highest BCUT2D eigenvalue weighted by Crippen LogP contribution is 2.22. The summed E-state index contributed by atoms with van der Waals surface area (Å²) in [6.07, 6.45) is 1.77. The Hall–Kier alpha value is -1.09. The lowest BCUT2D eigenvalue weighted by Gasteiger charge is -2.23. The summed E-state index contributed by atoms with van der Waals surface area (Å²) in [6, 6.07) is 5.05. The maximum Gasteiger partial charge on any atom is 0.165 e. The maximum absolute atomic E-state index is 13.4. The largest absolute Gasteiger partial charge is 0.487 e. The van der Waals surface area contributed by atoms with Crippen LogP contribution in [-0.4, -0.2) is 19.3 Å². The highest BCUT2D eigenvalue weighted by atomic mass is 19.1. The molecular weight excluding hydrogens is 195 g/mol. The van der Waals surface area contributed by atoms with Crippen molar-refractivity contribution in [3.05, 3.63) is 29.6 Å². The van der Waals surface area contributed by atoms with Gasteiger partial charge in [-0.15, -0.1) is 0 Å². The minimum atomic E-state index is -0.276. The molecule has 0 unspecified atom stereocenters. The van der Waals surface area contributed by atoms with Gasteiger partial charge in [-0.1, -0.05) is 6.07 Å². The normalized spacial score (nSPS) is 17.7. The molecule has 0 aliphatic carbocycles. The molecule has 1 saturated heterocycles. The van der Waals surface area contributed by atoms with Crippen molar-refractivity contribution < 1.29 is 13.9 Å². The van der Waals surface area contributed by atoms with Gasteiger partial charge in [0.2, 0.25) is 0 Å². The van der Waals surface area contributed by atoms with E-state index in [0.717, 1.165) is 18.4 Å². The number of halogens is 1. The van der Waals surface area contributed by atoms with E-state index in [1.807, 2.05) is 13.0 Å². The Morgan fingerprint density at radius 1 is 1.33 bits per heavy atom. The fourth-order valence-electron chi connectivity index (χ4n) is 1.67. The van der Waals surface area contributed by atoms with Crippen LogP contribution in [0, 0.1) is 12.7 Å². The van der Waals surface area contributed by atoms with E-state index in [0.29, 0.717) is 19.0 Å². The second kappa shape index (κ2) is 4.62. The highest BCUT2D eigenvalue weighted by Gasteiger charge is 2.16. The summed E-state index contributed by atoms with van der Waals surface area (Å²) in [5.41, 5.74) is 0.909. The molecule has 1 aliphatic heterocycles. The average Bonchev–Trinajstić information content (AvgIpc) is 2.24. The van der Waals surface area contributed by atoms with Crippen molar-refractivity contribution in [1.29, 1.82) is 0 Å². The van der Waals surface area contributed by atoms with Crippen molar-refractivity contribution in [2.75, 3.05) is 13.2 Å². The van der Waals surface area contributed by atoms with Crippen LogP contribution in [0.2, 0.25) is 0 Å². The Morgan fingerprint density at radius 3 is 2.73 bits per heavy atom. The van der Waals surface area contributed by atoms with Crippen molar-refractivity contribution >= 4 is 0 Å². The number of hydrogen-bond donors (Lipinski definition) is 0. The number of ether oxygens (including phenoxy) is 2. The number of rotatable bonds is 2. The molecule has 0 atom stereocenters. The Balaban J connectivity index is 2.03. The van der Waals surface area contributed by atoms with Crippen LogP contribution in [0.5, 0.6) is 5.75 Å². The minimum absolute atomic E-state index is 0.0935. The molecule has 0 radical (unpaired) electrons. The van der Waals surface area contributed by atoms with E-state index >= 15 is 0 Å². The molecule has 1 heterocycles. The smallest absolute Gasteiger partial charge is 0.165 e. The first-order valence-corrected chi connectivity index (χ1v) is 5.26. The third kappa shape index (κ3) is 2.69. The summed E-state index contributed by atoms with van der Waals surface area (Å²) >= 11 is 0. The van der Waals surface area contributed by atoms with Crippen molar-refractivity contribution in [2.45, 2.75) is 25.9 Å². The van der Waals surface area contributed by atoms with Gasteiger partial charge in [-0.05, 0) is 24.6 Å². The zero-order chi connectivity index (χ0) is 10.7. The zero-order valence-electron chi connectivity index (χ0n) is 8.83. The van der Waals surface area contributed by atoms with Gasteiger partial charge in [-0.2, -0.15) is 0 Å². The lowest BCUT2D eigenvalue weighted by atomic mass is 10.1. The Bertz CT molecular complexity index is 332. The summed E-state index contributed by atoms with van der Waals surface area (Å²) in [6.45, 7) is 3.28. The second-order valence-electron chi connectivity index (χ2n) is 3.86. The average molecular weight is 210 g/mol. The van der Waals surface area contributed by atoms with Crippen molar-refractivity contribution in [3.8, 4) is 5.75 Å². The van der Waals surface area contributed by atoms with E-state index in [4.69, 9.17) is 9.47 Å². The van der Waals surface area contributed by atoms with E-state index in [1.165, 1.54) is 6.07 Å². The first kappa shape index (κ1) is 10.4. The summed E-state index contributed by atoms with van der Waals surface area (Å²) in [5.74, 6) is 0.0778. The monoisotopic (exact) mass is 210 g/mol. The van der Waals surface area contributed by atoms with E-state index in [1.54, 1.807) is 6.07 Å². The third-order valence-corrected chi connectivity index (χ3v) is 2.55. The molecule has 0 saturated carbocycles. The molecule has 0 aromatic heterocycles. The summed E-state index contributed by atoms with van der Waals surface area (Å²) in [4.78, 5) is 0. The van der Waals surface area contributed by atoms with E-state index in [9.17, 15) is 4.39 Å². The van der Waals surface area contributed by atoms with Gasteiger partial charge in [0.25, 0.3) is 0 Å². The van der Waals surface area contributed by atoms with Crippen LogP contribution in [0.15, 0.2) is 18.2 Å². The highest BCUT2D eigenvalue weighted by molar-refractivity contribution is 5.28. The van der Waals surface area contributed by atoms with Crippen LogP contribution < -0.4 is 4.74 Å². The third-order valence-electron chi connectivity index (χ3n) is 2.55. The molecule has 0 N–H and O–H groups in total. The molecule has 2 nitrogen and oxygen atoms in total. The Labute approximate surface area is 89.0 Å².